The summed E-state index contributed by atoms with van der Waals surface area (Å²) < 4.78 is 0. The van der Waals surface area contributed by atoms with E-state index in [0.717, 1.165) is 25.2 Å². The molecule has 1 saturated heterocycles. The molecular formula is C19H20N2O. The maximum Gasteiger partial charge on any atom is 0.106 e. The number of oxime groups is 1. The van der Waals surface area contributed by atoms with Crippen LogP contribution in [0.3, 0.4) is 0 Å². The quantitative estimate of drug-likeness (QED) is 0.807. The van der Waals surface area contributed by atoms with Crippen LogP contribution in [0.2, 0.25) is 0 Å². The van der Waals surface area contributed by atoms with Crippen molar-refractivity contribution in [2.24, 2.45) is 11.1 Å². The lowest BCUT2D eigenvalue weighted by atomic mass is 10.00. The van der Waals surface area contributed by atoms with Crippen molar-refractivity contribution in [1.29, 1.82) is 0 Å². The number of fused-ring (bicyclic) bond motifs is 3. The third-order valence-corrected chi connectivity index (χ3v) is 4.83. The summed E-state index contributed by atoms with van der Waals surface area (Å²) in [5.41, 5.74) is 5.16. The predicted octanol–water partition coefficient (Wildman–Crippen LogP) is 3.61. The van der Waals surface area contributed by atoms with Gasteiger partial charge in [0.1, 0.15) is 7.11 Å². The summed E-state index contributed by atoms with van der Waals surface area (Å²) in [5, 5.41) is 4.34. The summed E-state index contributed by atoms with van der Waals surface area (Å²) in [5.74, 6) is 0.459. The molecule has 2 aromatic rings. The summed E-state index contributed by atoms with van der Waals surface area (Å²) in [6, 6.07) is 19.8. The highest BCUT2D eigenvalue weighted by Gasteiger charge is 2.45. The highest BCUT2D eigenvalue weighted by molar-refractivity contribution is 6.07. The summed E-state index contributed by atoms with van der Waals surface area (Å²) in [7, 11) is 1.64. The number of benzene rings is 2. The van der Waals surface area contributed by atoms with Crippen molar-refractivity contribution >= 4 is 5.71 Å². The molecule has 4 rings (SSSR count). The Kier molecular flexibility index (Phi) is 3.43. The third-order valence-electron chi connectivity index (χ3n) is 4.83. The van der Waals surface area contributed by atoms with E-state index in [1.165, 1.54) is 16.7 Å². The molecule has 3 nitrogen and oxygen atoms in total. The maximum absolute atomic E-state index is 5.11. The molecule has 2 atom stereocenters. The molecule has 0 spiro atoms. The minimum Gasteiger partial charge on any atom is -0.399 e. The molecule has 1 fully saturated rings. The lowest BCUT2D eigenvalue weighted by molar-refractivity contribution is 0.209. The normalized spacial score (nSPS) is 25.2. The minimum atomic E-state index is 0.435. The Bertz CT molecular complexity index is 696. The minimum absolute atomic E-state index is 0.435. The molecule has 22 heavy (non-hydrogen) atoms. The largest absolute Gasteiger partial charge is 0.399 e. The Morgan fingerprint density at radius 3 is 2.68 bits per heavy atom. The number of likely N-dealkylation sites (tertiary alicyclic amines) is 1. The molecule has 0 radical (unpaired) electrons. The standard InChI is InChI=1S/C19H20N2O/c1-22-20-18-15-9-5-6-10-16(15)19-17(18)11-12-21(19)13-14-7-3-2-4-8-14/h2-10,17,19H,11-13H2,1H3/b20-18-/t17-,19+/m0/s1. The number of hydrogen-bond donors (Lipinski definition) is 0. The molecule has 2 aliphatic rings. The van der Waals surface area contributed by atoms with E-state index < -0.39 is 0 Å². The van der Waals surface area contributed by atoms with Crippen molar-refractivity contribution in [3.63, 3.8) is 0 Å². The highest BCUT2D eigenvalue weighted by atomic mass is 16.6. The van der Waals surface area contributed by atoms with Gasteiger partial charge in [-0.15, -0.1) is 0 Å². The zero-order valence-corrected chi connectivity index (χ0v) is 12.8. The molecule has 1 aliphatic carbocycles. The van der Waals surface area contributed by atoms with Crippen molar-refractivity contribution in [3.8, 4) is 0 Å². The van der Waals surface area contributed by atoms with Crippen LogP contribution < -0.4 is 0 Å². The Labute approximate surface area is 131 Å². The summed E-state index contributed by atoms with van der Waals surface area (Å²) in [6.45, 7) is 2.11. The smallest absolute Gasteiger partial charge is 0.106 e. The van der Waals surface area contributed by atoms with Crippen molar-refractivity contribution < 1.29 is 4.84 Å². The fourth-order valence-corrected chi connectivity index (χ4v) is 3.95. The van der Waals surface area contributed by atoms with Crippen molar-refractivity contribution in [3.05, 3.63) is 71.3 Å². The van der Waals surface area contributed by atoms with Gasteiger partial charge in [-0.2, -0.15) is 0 Å². The van der Waals surface area contributed by atoms with Gasteiger partial charge in [-0.1, -0.05) is 59.8 Å². The van der Waals surface area contributed by atoms with Crippen LogP contribution in [0.1, 0.15) is 29.2 Å². The van der Waals surface area contributed by atoms with E-state index in [0.29, 0.717) is 12.0 Å². The van der Waals surface area contributed by atoms with Gasteiger partial charge in [0.05, 0.1) is 5.71 Å². The van der Waals surface area contributed by atoms with Gasteiger partial charge in [0.15, 0.2) is 0 Å². The molecule has 1 heterocycles. The molecule has 112 valence electrons. The fourth-order valence-electron chi connectivity index (χ4n) is 3.95. The van der Waals surface area contributed by atoms with E-state index in [2.05, 4.69) is 64.7 Å². The first-order valence-corrected chi connectivity index (χ1v) is 7.87. The fraction of sp³-hybridized carbons (Fsp3) is 0.316. The maximum atomic E-state index is 5.11. The van der Waals surface area contributed by atoms with Crippen LogP contribution in [-0.4, -0.2) is 24.3 Å². The predicted molar refractivity (Wildman–Crippen MR) is 87.7 cm³/mol. The highest BCUT2D eigenvalue weighted by Crippen LogP contribution is 2.47. The van der Waals surface area contributed by atoms with E-state index >= 15 is 0 Å². The van der Waals surface area contributed by atoms with Gasteiger partial charge in [-0.3, -0.25) is 4.90 Å². The first-order chi connectivity index (χ1) is 10.9. The molecule has 0 aromatic heterocycles. The summed E-state index contributed by atoms with van der Waals surface area (Å²) in [4.78, 5) is 7.69. The average Bonchev–Trinajstić information content (AvgIpc) is 3.09. The van der Waals surface area contributed by atoms with Gasteiger partial charge in [0.2, 0.25) is 0 Å². The van der Waals surface area contributed by atoms with Crippen molar-refractivity contribution in [2.45, 2.75) is 19.0 Å². The van der Waals surface area contributed by atoms with Crippen molar-refractivity contribution in [1.82, 2.24) is 4.90 Å². The molecule has 0 unspecified atom stereocenters. The zero-order chi connectivity index (χ0) is 14.9. The topological polar surface area (TPSA) is 24.8 Å². The second-order valence-electron chi connectivity index (χ2n) is 6.04. The van der Waals surface area contributed by atoms with E-state index in [-0.39, 0.29) is 0 Å². The summed E-state index contributed by atoms with van der Waals surface area (Å²) in [6.07, 6.45) is 1.15. The number of hydrogen-bond acceptors (Lipinski definition) is 3. The first-order valence-electron chi connectivity index (χ1n) is 7.87. The van der Waals surface area contributed by atoms with Crippen LogP contribution in [0.25, 0.3) is 0 Å². The van der Waals surface area contributed by atoms with Crippen LogP contribution in [-0.2, 0) is 11.4 Å². The average molecular weight is 292 g/mol. The Hall–Kier alpha value is -2.13. The number of rotatable bonds is 3. The van der Waals surface area contributed by atoms with Crippen LogP contribution in [0.5, 0.6) is 0 Å². The Morgan fingerprint density at radius 2 is 1.86 bits per heavy atom. The van der Waals surface area contributed by atoms with Gasteiger partial charge in [-0.05, 0) is 24.1 Å². The second kappa shape index (κ2) is 5.58. The third kappa shape index (κ3) is 2.13. The Morgan fingerprint density at radius 1 is 1.09 bits per heavy atom. The molecule has 3 heteroatoms. The first kappa shape index (κ1) is 13.5. The zero-order valence-electron chi connectivity index (χ0n) is 12.8. The van der Waals surface area contributed by atoms with Crippen LogP contribution in [0.4, 0.5) is 0 Å². The van der Waals surface area contributed by atoms with Gasteiger partial charge in [0.25, 0.3) is 0 Å². The monoisotopic (exact) mass is 292 g/mol. The lowest BCUT2D eigenvalue weighted by Crippen LogP contribution is -2.23. The van der Waals surface area contributed by atoms with Gasteiger partial charge in [-0.25, -0.2) is 0 Å². The SMILES string of the molecule is CO/N=C1/c2ccccc2[C@@H]2[C@H]1CCN2Cc1ccccc1. The summed E-state index contributed by atoms with van der Waals surface area (Å²) >= 11 is 0. The van der Waals surface area contributed by atoms with E-state index in [4.69, 9.17) is 4.84 Å². The molecule has 0 N–H and O–H groups in total. The Balaban J connectivity index is 1.69. The van der Waals surface area contributed by atoms with Crippen LogP contribution in [0, 0.1) is 5.92 Å². The molecule has 2 aromatic carbocycles. The molecule has 0 bridgehead atoms. The molecule has 0 amide bonds. The van der Waals surface area contributed by atoms with Gasteiger partial charge in [0, 0.05) is 24.1 Å². The molecule has 1 aliphatic heterocycles. The van der Waals surface area contributed by atoms with E-state index in [1.807, 2.05) is 0 Å². The lowest BCUT2D eigenvalue weighted by Gasteiger charge is -2.24. The van der Waals surface area contributed by atoms with Crippen molar-refractivity contribution in [2.75, 3.05) is 13.7 Å². The van der Waals surface area contributed by atoms with Crippen LogP contribution >= 0.6 is 0 Å². The van der Waals surface area contributed by atoms with Gasteiger partial charge < -0.3 is 4.84 Å². The van der Waals surface area contributed by atoms with E-state index in [9.17, 15) is 0 Å². The van der Waals surface area contributed by atoms with E-state index in [1.54, 1.807) is 7.11 Å². The van der Waals surface area contributed by atoms with Crippen LogP contribution in [0.15, 0.2) is 59.8 Å². The second-order valence-corrected chi connectivity index (χ2v) is 6.04. The molecular weight excluding hydrogens is 272 g/mol. The number of nitrogens with zero attached hydrogens (tertiary/aromatic N) is 2. The van der Waals surface area contributed by atoms with Gasteiger partial charge >= 0.3 is 0 Å². The molecule has 0 saturated carbocycles.